The van der Waals surface area contributed by atoms with Gasteiger partial charge in [0, 0.05) is 29.3 Å². The summed E-state index contributed by atoms with van der Waals surface area (Å²) in [6.07, 6.45) is 2.76. The maximum absolute atomic E-state index is 13.0. The van der Waals surface area contributed by atoms with Crippen molar-refractivity contribution in [1.82, 2.24) is 9.29 Å². The Hall–Kier alpha value is -2.10. The van der Waals surface area contributed by atoms with Crippen LogP contribution in [-0.4, -0.2) is 42.5 Å². The largest absolute Gasteiger partial charge is 0.310 e. The zero-order valence-corrected chi connectivity index (χ0v) is 17.7. The first-order chi connectivity index (χ1) is 13.3. The number of halogens is 1. The van der Waals surface area contributed by atoms with Crippen molar-refractivity contribution in [3.05, 3.63) is 52.6 Å². The summed E-state index contributed by atoms with van der Waals surface area (Å²) in [5.41, 5.74) is 0.341. The molecule has 1 aromatic carbocycles. The molecule has 9 heteroatoms. The molecule has 1 saturated heterocycles. The minimum Gasteiger partial charge on any atom is -0.310 e. The Morgan fingerprint density at radius 3 is 2.71 bits per heavy atom. The number of aromatic nitrogens is 1. The molecule has 148 valence electrons. The maximum Gasteiger partial charge on any atom is 0.243 e. The van der Waals surface area contributed by atoms with Crippen LogP contribution in [-0.2, 0) is 14.8 Å². The zero-order valence-electron chi connectivity index (χ0n) is 15.3. The molecule has 0 saturated carbocycles. The average molecular weight is 466 g/mol. The van der Waals surface area contributed by atoms with Gasteiger partial charge in [0.15, 0.2) is 5.78 Å². The molecule has 3 rings (SSSR count). The van der Waals surface area contributed by atoms with Crippen LogP contribution >= 0.6 is 15.9 Å². The number of carbonyl (C=O) groups excluding carboxylic acids is 2. The van der Waals surface area contributed by atoms with E-state index in [1.54, 1.807) is 30.5 Å². The molecular weight excluding hydrogens is 446 g/mol. The summed E-state index contributed by atoms with van der Waals surface area (Å²) in [5, 5.41) is 2.74. The Morgan fingerprint density at radius 2 is 2.04 bits per heavy atom. The second-order valence-corrected chi connectivity index (χ2v) is 9.49. The number of ketones is 1. The third-order valence-electron chi connectivity index (χ3n) is 4.61. The van der Waals surface area contributed by atoms with Crippen molar-refractivity contribution in [3.8, 4) is 0 Å². The van der Waals surface area contributed by atoms with Gasteiger partial charge in [0.1, 0.15) is 5.82 Å². The average Bonchev–Trinajstić information content (AvgIpc) is 2.70. The molecule has 1 fully saturated rings. The molecule has 1 aliphatic rings. The Labute approximate surface area is 172 Å². The van der Waals surface area contributed by atoms with Gasteiger partial charge in [0.05, 0.1) is 10.8 Å². The van der Waals surface area contributed by atoms with Gasteiger partial charge in [-0.2, -0.15) is 4.31 Å². The van der Waals surface area contributed by atoms with Gasteiger partial charge in [-0.1, -0.05) is 12.1 Å². The van der Waals surface area contributed by atoms with E-state index in [4.69, 9.17) is 0 Å². The van der Waals surface area contributed by atoms with Crippen LogP contribution in [0.1, 0.15) is 30.1 Å². The van der Waals surface area contributed by atoms with E-state index in [-0.39, 0.29) is 23.1 Å². The van der Waals surface area contributed by atoms with E-state index in [1.807, 2.05) is 0 Å². The van der Waals surface area contributed by atoms with Crippen molar-refractivity contribution in [3.63, 3.8) is 0 Å². The first kappa shape index (κ1) is 20.6. The van der Waals surface area contributed by atoms with Gasteiger partial charge in [-0.15, -0.1) is 0 Å². The summed E-state index contributed by atoms with van der Waals surface area (Å²) in [7, 11) is -3.78. The predicted octanol–water partition coefficient (Wildman–Crippen LogP) is 3.09. The molecule has 0 spiro atoms. The van der Waals surface area contributed by atoms with E-state index in [0.29, 0.717) is 30.8 Å². The smallest absolute Gasteiger partial charge is 0.243 e. The highest BCUT2D eigenvalue weighted by Gasteiger charge is 2.33. The molecule has 0 radical (unpaired) electrons. The molecule has 1 aliphatic heterocycles. The monoisotopic (exact) mass is 465 g/mol. The Kier molecular flexibility index (Phi) is 6.26. The minimum atomic E-state index is -3.78. The molecule has 0 aliphatic carbocycles. The second-order valence-electron chi connectivity index (χ2n) is 6.64. The van der Waals surface area contributed by atoms with Crippen LogP contribution < -0.4 is 5.32 Å². The number of benzene rings is 1. The van der Waals surface area contributed by atoms with Crippen molar-refractivity contribution in [2.45, 2.75) is 24.7 Å². The fraction of sp³-hybridized carbons (Fsp3) is 0.316. The lowest BCUT2D eigenvalue weighted by molar-refractivity contribution is -0.120. The normalized spacial score (nSPS) is 17.9. The van der Waals surface area contributed by atoms with Crippen LogP contribution in [0.15, 0.2) is 52.0 Å². The van der Waals surface area contributed by atoms with Crippen LogP contribution in [0.4, 0.5) is 5.82 Å². The van der Waals surface area contributed by atoms with E-state index < -0.39 is 15.9 Å². The number of sulfonamides is 1. The van der Waals surface area contributed by atoms with Crippen molar-refractivity contribution in [1.29, 1.82) is 0 Å². The molecule has 1 N–H and O–H groups in total. The number of Topliss-reactive ketones (excluding diaryl/α,β-unsaturated/α-hetero) is 1. The fourth-order valence-corrected chi connectivity index (χ4v) is 4.88. The van der Waals surface area contributed by atoms with E-state index in [0.717, 1.165) is 4.47 Å². The molecule has 1 unspecified atom stereocenters. The molecule has 2 heterocycles. The first-order valence-electron chi connectivity index (χ1n) is 8.81. The van der Waals surface area contributed by atoms with Crippen LogP contribution in [0, 0.1) is 5.92 Å². The van der Waals surface area contributed by atoms with Crippen molar-refractivity contribution in [2.24, 2.45) is 5.92 Å². The second kappa shape index (κ2) is 8.50. The molecule has 28 heavy (non-hydrogen) atoms. The Balaban J connectivity index is 1.74. The van der Waals surface area contributed by atoms with Gasteiger partial charge in [-0.05, 0) is 60.0 Å². The quantitative estimate of drug-likeness (QED) is 0.684. The lowest BCUT2D eigenvalue weighted by Gasteiger charge is -2.31. The predicted molar refractivity (Wildman–Crippen MR) is 108 cm³/mol. The standard InChI is InChI=1S/C19H20BrN3O4S/c1-13(24)14-4-2-6-17(10-14)28(26,27)23-9-3-5-15(12-23)19(25)22-18-8-7-16(20)11-21-18/h2,4,6-8,10-11,15H,3,5,9,12H2,1H3,(H,21,22,25). The van der Waals surface area contributed by atoms with Gasteiger partial charge < -0.3 is 5.32 Å². The lowest BCUT2D eigenvalue weighted by Crippen LogP contribution is -2.43. The number of piperidine rings is 1. The van der Waals surface area contributed by atoms with E-state index in [9.17, 15) is 18.0 Å². The molecule has 7 nitrogen and oxygen atoms in total. The van der Waals surface area contributed by atoms with E-state index >= 15 is 0 Å². The van der Waals surface area contributed by atoms with Crippen LogP contribution in [0.2, 0.25) is 0 Å². The molecule has 1 aromatic heterocycles. The lowest BCUT2D eigenvalue weighted by atomic mass is 9.99. The highest BCUT2D eigenvalue weighted by atomic mass is 79.9. The highest BCUT2D eigenvalue weighted by Crippen LogP contribution is 2.25. The summed E-state index contributed by atoms with van der Waals surface area (Å²) >= 11 is 3.28. The number of hydrogen-bond acceptors (Lipinski definition) is 5. The number of hydrogen-bond donors (Lipinski definition) is 1. The van der Waals surface area contributed by atoms with Crippen LogP contribution in [0.5, 0.6) is 0 Å². The molecule has 1 amide bonds. The third kappa shape index (κ3) is 4.65. The number of amides is 1. The van der Waals surface area contributed by atoms with Crippen molar-refractivity contribution < 1.29 is 18.0 Å². The van der Waals surface area contributed by atoms with Gasteiger partial charge in [-0.3, -0.25) is 9.59 Å². The minimum absolute atomic E-state index is 0.0656. The van der Waals surface area contributed by atoms with Crippen LogP contribution in [0.3, 0.4) is 0 Å². The summed E-state index contributed by atoms with van der Waals surface area (Å²) in [6, 6.07) is 9.43. The number of anilines is 1. The van der Waals surface area contributed by atoms with Crippen molar-refractivity contribution in [2.75, 3.05) is 18.4 Å². The molecular formula is C19H20BrN3O4S. The molecule has 2 aromatic rings. The topological polar surface area (TPSA) is 96.4 Å². The number of nitrogens with zero attached hydrogens (tertiary/aromatic N) is 2. The number of carbonyl (C=O) groups is 2. The number of nitrogens with one attached hydrogen (secondary N) is 1. The third-order valence-corrected chi connectivity index (χ3v) is 6.94. The first-order valence-corrected chi connectivity index (χ1v) is 11.0. The summed E-state index contributed by atoms with van der Waals surface area (Å²) in [6.45, 7) is 1.82. The summed E-state index contributed by atoms with van der Waals surface area (Å²) < 4.78 is 28.1. The summed E-state index contributed by atoms with van der Waals surface area (Å²) in [5.74, 6) is -0.505. The summed E-state index contributed by atoms with van der Waals surface area (Å²) in [4.78, 5) is 28.3. The molecule has 0 bridgehead atoms. The Bertz CT molecular complexity index is 992. The van der Waals surface area contributed by atoms with Crippen molar-refractivity contribution >= 4 is 43.5 Å². The van der Waals surface area contributed by atoms with Gasteiger partial charge in [0.2, 0.25) is 15.9 Å². The maximum atomic E-state index is 13.0. The molecule has 1 atom stereocenters. The van der Waals surface area contributed by atoms with E-state index in [2.05, 4.69) is 26.2 Å². The SMILES string of the molecule is CC(=O)c1cccc(S(=O)(=O)N2CCCC(C(=O)Nc3ccc(Br)cn3)C2)c1. The number of pyridine rings is 1. The zero-order chi connectivity index (χ0) is 20.3. The fourth-order valence-electron chi connectivity index (χ4n) is 3.08. The highest BCUT2D eigenvalue weighted by molar-refractivity contribution is 9.10. The Morgan fingerprint density at radius 1 is 1.25 bits per heavy atom. The van der Waals surface area contributed by atoms with Gasteiger partial charge in [-0.25, -0.2) is 13.4 Å². The van der Waals surface area contributed by atoms with E-state index in [1.165, 1.54) is 23.4 Å². The van der Waals surface area contributed by atoms with Gasteiger partial charge in [0.25, 0.3) is 0 Å². The van der Waals surface area contributed by atoms with Gasteiger partial charge >= 0.3 is 0 Å². The van der Waals surface area contributed by atoms with Crippen LogP contribution in [0.25, 0.3) is 0 Å². The number of rotatable bonds is 5.